The molecular weight excluding hydrogens is 512 g/mol. The van der Waals surface area contributed by atoms with Crippen LogP contribution in [0.1, 0.15) is 18.4 Å². The number of hydrogen-bond acceptors (Lipinski definition) is 8. The number of anilines is 5. The average Bonchev–Trinajstić information content (AvgIpc) is 2.93. The molecule has 2 aromatic carbocycles. The number of halogens is 3. The van der Waals surface area contributed by atoms with E-state index in [1.54, 1.807) is 7.11 Å². The smallest absolute Gasteiger partial charge is 0.172 e. The molecule has 5 rings (SSSR count). The van der Waals surface area contributed by atoms with Crippen LogP contribution in [0.4, 0.5) is 37.5 Å². The van der Waals surface area contributed by atoms with E-state index in [0.29, 0.717) is 42.2 Å². The van der Waals surface area contributed by atoms with Crippen LogP contribution in [0.5, 0.6) is 5.75 Å². The molecule has 0 atom stereocenters. The second kappa shape index (κ2) is 11.2. The SMILES string of the molecule is COc1cc(N2CCC(N(C)C)CC2)ccc1Nc1cc2c(nn1)NCCN2Cc1c(F)ccc(F)c1Cl. The summed E-state index contributed by atoms with van der Waals surface area (Å²) in [6.45, 7) is 3.24. The summed E-state index contributed by atoms with van der Waals surface area (Å²) in [5.41, 5.74) is 2.69. The van der Waals surface area contributed by atoms with Crippen LogP contribution in [-0.2, 0) is 6.54 Å². The highest BCUT2D eigenvalue weighted by molar-refractivity contribution is 6.31. The molecule has 0 bridgehead atoms. The van der Waals surface area contributed by atoms with Gasteiger partial charge in [0.15, 0.2) is 11.6 Å². The van der Waals surface area contributed by atoms with Gasteiger partial charge in [0, 0.05) is 62.1 Å². The van der Waals surface area contributed by atoms with Crippen molar-refractivity contribution < 1.29 is 13.5 Å². The third-order valence-corrected chi connectivity index (χ3v) is 7.69. The Kier molecular flexibility index (Phi) is 7.71. The number of aromatic nitrogens is 2. The predicted octanol–water partition coefficient (Wildman–Crippen LogP) is 5.12. The molecule has 0 saturated carbocycles. The maximum absolute atomic E-state index is 14.5. The van der Waals surface area contributed by atoms with Crippen LogP contribution in [0.25, 0.3) is 0 Å². The number of rotatable bonds is 7. The molecule has 11 heteroatoms. The minimum atomic E-state index is -0.647. The molecule has 0 aliphatic carbocycles. The van der Waals surface area contributed by atoms with Crippen molar-refractivity contribution in [1.82, 2.24) is 15.1 Å². The summed E-state index contributed by atoms with van der Waals surface area (Å²) in [6.07, 6.45) is 2.24. The van der Waals surface area contributed by atoms with Crippen molar-refractivity contribution in [2.75, 3.05) is 67.8 Å². The zero-order chi connectivity index (χ0) is 26.8. The number of methoxy groups -OCH3 is 1. The molecule has 1 aromatic heterocycles. The van der Waals surface area contributed by atoms with Gasteiger partial charge in [-0.15, -0.1) is 10.2 Å². The first kappa shape index (κ1) is 26.2. The fourth-order valence-electron chi connectivity index (χ4n) is 5.07. The van der Waals surface area contributed by atoms with Gasteiger partial charge >= 0.3 is 0 Å². The van der Waals surface area contributed by atoms with Crippen molar-refractivity contribution in [2.24, 2.45) is 0 Å². The van der Waals surface area contributed by atoms with Crippen LogP contribution in [0.3, 0.4) is 0 Å². The number of nitrogens with zero attached hydrogens (tertiary/aromatic N) is 5. The standard InChI is InChI=1S/C27H32ClF2N7O/c1-35(2)17-8-11-36(12-9-17)18-4-7-22(24(14-18)38-3)32-25-15-23-27(34-33-25)31-10-13-37(23)16-19-20(29)5-6-21(30)26(19)28/h4-7,14-15,17H,8-13,16H2,1-3H3,(H,31,34)(H,32,33). The van der Waals surface area contributed by atoms with Crippen molar-refractivity contribution in [1.29, 1.82) is 0 Å². The summed E-state index contributed by atoms with van der Waals surface area (Å²) < 4.78 is 34.2. The first-order chi connectivity index (χ1) is 18.3. The first-order valence-electron chi connectivity index (χ1n) is 12.7. The topological polar surface area (TPSA) is 68.8 Å². The van der Waals surface area contributed by atoms with Gasteiger partial charge in [0.05, 0.1) is 23.5 Å². The van der Waals surface area contributed by atoms with Crippen LogP contribution >= 0.6 is 11.6 Å². The van der Waals surface area contributed by atoms with Gasteiger partial charge in [0.2, 0.25) is 0 Å². The van der Waals surface area contributed by atoms with Gasteiger partial charge in [-0.3, -0.25) is 0 Å². The van der Waals surface area contributed by atoms with E-state index >= 15 is 0 Å². The molecule has 3 aromatic rings. The van der Waals surface area contributed by atoms with E-state index in [4.69, 9.17) is 16.3 Å². The molecule has 2 aliphatic heterocycles. The highest BCUT2D eigenvalue weighted by Gasteiger charge is 2.24. The Balaban J connectivity index is 1.35. The Hall–Kier alpha value is -3.37. The van der Waals surface area contributed by atoms with E-state index < -0.39 is 11.6 Å². The molecule has 1 fully saturated rings. The lowest BCUT2D eigenvalue weighted by Crippen LogP contribution is -2.41. The molecule has 0 spiro atoms. The van der Waals surface area contributed by atoms with Gasteiger partial charge in [-0.25, -0.2) is 8.78 Å². The minimum absolute atomic E-state index is 0.102. The van der Waals surface area contributed by atoms with Gasteiger partial charge in [0.1, 0.15) is 17.4 Å². The van der Waals surface area contributed by atoms with Gasteiger partial charge in [0.25, 0.3) is 0 Å². The highest BCUT2D eigenvalue weighted by Crippen LogP contribution is 2.36. The van der Waals surface area contributed by atoms with Crippen molar-refractivity contribution in [2.45, 2.75) is 25.4 Å². The van der Waals surface area contributed by atoms with E-state index in [2.05, 4.69) is 50.8 Å². The van der Waals surface area contributed by atoms with E-state index in [1.807, 2.05) is 23.1 Å². The lowest BCUT2D eigenvalue weighted by atomic mass is 10.0. The lowest BCUT2D eigenvalue weighted by molar-refractivity contribution is 0.249. The second-order valence-electron chi connectivity index (χ2n) is 9.82. The number of fused-ring (bicyclic) bond motifs is 1. The van der Waals surface area contributed by atoms with Crippen LogP contribution in [0.15, 0.2) is 36.4 Å². The maximum Gasteiger partial charge on any atom is 0.172 e. The largest absolute Gasteiger partial charge is 0.494 e. The van der Waals surface area contributed by atoms with E-state index in [0.717, 1.165) is 49.4 Å². The molecule has 0 unspecified atom stereocenters. The van der Waals surface area contributed by atoms with Crippen LogP contribution in [0, 0.1) is 11.6 Å². The fraction of sp³-hybridized carbons (Fsp3) is 0.407. The van der Waals surface area contributed by atoms with E-state index in [-0.39, 0.29) is 17.1 Å². The summed E-state index contributed by atoms with van der Waals surface area (Å²) >= 11 is 6.09. The first-order valence-corrected chi connectivity index (χ1v) is 13.1. The van der Waals surface area contributed by atoms with Crippen molar-refractivity contribution >= 4 is 40.3 Å². The molecule has 3 heterocycles. The Morgan fingerprint density at radius 2 is 1.84 bits per heavy atom. The molecule has 0 amide bonds. The normalized spacial score (nSPS) is 15.9. The van der Waals surface area contributed by atoms with Crippen LogP contribution in [0.2, 0.25) is 5.02 Å². The molecule has 202 valence electrons. The second-order valence-corrected chi connectivity index (χ2v) is 10.2. The van der Waals surface area contributed by atoms with Crippen molar-refractivity contribution in [3.05, 3.63) is 58.6 Å². The quantitative estimate of drug-likeness (QED) is 0.398. The average molecular weight is 544 g/mol. The Morgan fingerprint density at radius 1 is 1.08 bits per heavy atom. The van der Waals surface area contributed by atoms with Gasteiger partial charge in [-0.2, -0.15) is 0 Å². The van der Waals surface area contributed by atoms with Crippen molar-refractivity contribution in [3.63, 3.8) is 0 Å². The van der Waals surface area contributed by atoms with Crippen molar-refractivity contribution in [3.8, 4) is 5.75 Å². The number of nitrogens with one attached hydrogen (secondary N) is 2. The number of benzene rings is 2. The zero-order valence-corrected chi connectivity index (χ0v) is 22.5. The van der Waals surface area contributed by atoms with Crippen LogP contribution < -0.4 is 25.2 Å². The number of ether oxygens (including phenoxy) is 1. The van der Waals surface area contributed by atoms with Gasteiger partial charge in [-0.05, 0) is 51.2 Å². The molecule has 2 aliphatic rings. The number of hydrogen-bond donors (Lipinski definition) is 2. The lowest BCUT2D eigenvalue weighted by Gasteiger charge is -2.36. The minimum Gasteiger partial charge on any atom is -0.494 e. The fourth-order valence-corrected chi connectivity index (χ4v) is 5.28. The monoisotopic (exact) mass is 543 g/mol. The van der Waals surface area contributed by atoms with E-state index in [1.165, 1.54) is 0 Å². The summed E-state index contributed by atoms with van der Waals surface area (Å²) in [5, 5.41) is 14.9. The van der Waals surface area contributed by atoms with Gasteiger partial charge in [-0.1, -0.05) is 11.6 Å². The summed E-state index contributed by atoms with van der Waals surface area (Å²) in [6, 6.07) is 10.7. The Morgan fingerprint density at radius 3 is 2.58 bits per heavy atom. The molecular formula is C27H32ClF2N7O. The maximum atomic E-state index is 14.5. The number of piperidine rings is 1. The summed E-state index contributed by atoms with van der Waals surface area (Å²) in [5.74, 6) is 0.568. The van der Waals surface area contributed by atoms with Crippen LogP contribution in [-0.4, -0.2) is 68.5 Å². The molecule has 1 saturated heterocycles. The molecule has 8 nitrogen and oxygen atoms in total. The zero-order valence-electron chi connectivity index (χ0n) is 21.8. The third kappa shape index (κ3) is 5.42. The Bertz CT molecular complexity index is 1300. The molecule has 0 radical (unpaired) electrons. The predicted molar refractivity (Wildman–Crippen MR) is 148 cm³/mol. The summed E-state index contributed by atoms with van der Waals surface area (Å²) in [7, 11) is 5.92. The van der Waals surface area contributed by atoms with Gasteiger partial charge < -0.3 is 30.1 Å². The molecule has 2 N–H and O–H groups in total. The van der Waals surface area contributed by atoms with E-state index in [9.17, 15) is 8.78 Å². The Labute approximate surface area is 226 Å². The highest BCUT2D eigenvalue weighted by atomic mass is 35.5. The third-order valence-electron chi connectivity index (χ3n) is 7.28. The summed E-state index contributed by atoms with van der Waals surface area (Å²) in [4.78, 5) is 6.59. The molecule has 38 heavy (non-hydrogen) atoms.